The lowest BCUT2D eigenvalue weighted by Gasteiger charge is -2.23. The van der Waals surface area contributed by atoms with Crippen molar-refractivity contribution in [2.45, 2.75) is 38.6 Å². The second-order valence-electron chi connectivity index (χ2n) is 4.85. The van der Waals surface area contributed by atoms with Gasteiger partial charge in [0.25, 0.3) is 0 Å². The second kappa shape index (κ2) is 6.33. The highest BCUT2D eigenvalue weighted by Crippen LogP contribution is 2.18. The van der Waals surface area contributed by atoms with Crippen LogP contribution in [0.2, 0.25) is 0 Å². The number of carboxylic acid groups (broad SMARTS) is 1. The molecule has 1 aromatic rings. The Morgan fingerprint density at radius 2 is 2.00 bits per heavy atom. The van der Waals surface area contributed by atoms with Crippen molar-refractivity contribution in [3.8, 4) is 0 Å². The molecular formula is C14H20N2O3. The minimum absolute atomic E-state index is 0.133. The molecule has 0 aliphatic rings. The van der Waals surface area contributed by atoms with Crippen molar-refractivity contribution in [3.05, 3.63) is 29.8 Å². The number of para-hydroxylation sites is 1. The van der Waals surface area contributed by atoms with Gasteiger partial charge in [0.2, 0.25) is 5.91 Å². The van der Waals surface area contributed by atoms with Gasteiger partial charge in [-0.3, -0.25) is 9.59 Å². The van der Waals surface area contributed by atoms with Crippen molar-refractivity contribution >= 4 is 17.6 Å². The summed E-state index contributed by atoms with van der Waals surface area (Å²) >= 11 is 0. The Kier molecular flexibility index (Phi) is 5.06. The average molecular weight is 264 g/mol. The van der Waals surface area contributed by atoms with Gasteiger partial charge in [-0.2, -0.15) is 0 Å². The fraction of sp³-hybridized carbons (Fsp3) is 0.429. The molecule has 0 aliphatic heterocycles. The number of hydrogen-bond donors (Lipinski definition) is 3. The standard InChI is InChI=1S/C14H20N2O3/c1-3-8-14(2,15)13(19)16-11-7-5-4-6-10(11)9-12(17)18/h4-7H,3,8-9,15H2,1-2H3,(H,16,19)(H,17,18). The zero-order valence-electron chi connectivity index (χ0n) is 11.3. The number of anilines is 1. The number of carbonyl (C=O) groups is 2. The van der Waals surface area contributed by atoms with E-state index in [9.17, 15) is 9.59 Å². The van der Waals surface area contributed by atoms with Crippen molar-refractivity contribution in [3.63, 3.8) is 0 Å². The molecule has 1 atom stereocenters. The first-order chi connectivity index (χ1) is 8.86. The van der Waals surface area contributed by atoms with E-state index < -0.39 is 11.5 Å². The molecule has 1 unspecified atom stereocenters. The van der Waals surface area contributed by atoms with Crippen LogP contribution in [0.15, 0.2) is 24.3 Å². The van der Waals surface area contributed by atoms with Crippen molar-refractivity contribution in [1.29, 1.82) is 0 Å². The van der Waals surface area contributed by atoms with Crippen LogP contribution in [0, 0.1) is 0 Å². The topological polar surface area (TPSA) is 92.4 Å². The summed E-state index contributed by atoms with van der Waals surface area (Å²) in [5.41, 5.74) is 6.06. The number of aliphatic carboxylic acids is 1. The van der Waals surface area contributed by atoms with E-state index in [4.69, 9.17) is 10.8 Å². The number of carboxylic acids is 1. The first kappa shape index (κ1) is 15.2. The van der Waals surface area contributed by atoms with E-state index in [2.05, 4.69) is 5.32 Å². The Morgan fingerprint density at radius 3 is 2.58 bits per heavy atom. The normalized spacial score (nSPS) is 13.6. The molecule has 0 saturated heterocycles. The van der Waals surface area contributed by atoms with Crippen molar-refractivity contribution in [1.82, 2.24) is 0 Å². The third kappa shape index (κ3) is 4.37. The molecule has 104 valence electrons. The van der Waals surface area contributed by atoms with Gasteiger partial charge in [-0.25, -0.2) is 0 Å². The average Bonchev–Trinajstić information content (AvgIpc) is 2.30. The lowest BCUT2D eigenvalue weighted by Crippen LogP contribution is -2.48. The Morgan fingerprint density at radius 1 is 1.37 bits per heavy atom. The summed E-state index contributed by atoms with van der Waals surface area (Å²) in [7, 11) is 0. The van der Waals surface area contributed by atoms with Crippen LogP contribution >= 0.6 is 0 Å². The molecule has 0 radical (unpaired) electrons. The smallest absolute Gasteiger partial charge is 0.307 e. The molecule has 1 aromatic carbocycles. The quantitative estimate of drug-likeness (QED) is 0.730. The van der Waals surface area contributed by atoms with E-state index in [1.807, 2.05) is 6.92 Å². The highest BCUT2D eigenvalue weighted by atomic mass is 16.4. The number of nitrogens with one attached hydrogen (secondary N) is 1. The van der Waals surface area contributed by atoms with Crippen molar-refractivity contribution in [2.24, 2.45) is 5.73 Å². The van der Waals surface area contributed by atoms with Crippen LogP contribution in [0.4, 0.5) is 5.69 Å². The van der Waals surface area contributed by atoms with E-state index in [-0.39, 0.29) is 12.3 Å². The largest absolute Gasteiger partial charge is 0.481 e. The SMILES string of the molecule is CCCC(C)(N)C(=O)Nc1ccccc1CC(=O)O. The maximum atomic E-state index is 12.1. The van der Waals surface area contributed by atoms with E-state index in [0.717, 1.165) is 6.42 Å². The number of rotatable bonds is 6. The number of carbonyl (C=O) groups excluding carboxylic acids is 1. The fourth-order valence-corrected chi connectivity index (χ4v) is 1.86. The second-order valence-corrected chi connectivity index (χ2v) is 4.85. The molecule has 19 heavy (non-hydrogen) atoms. The molecule has 1 amide bonds. The van der Waals surface area contributed by atoms with Gasteiger partial charge < -0.3 is 16.2 Å². The van der Waals surface area contributed by atoms with Gasteiger partial charge in [0.15, 0.2) is 0 Å². The van der Waals surface area contributed by atoms with Gasteiger partial charge in [0, 0.05) is 5.69 Å². The molecule has 0 fully saturated rings. The molecule has 0 spiro atoms. The highest BCUT2D eigenvalue weighted by Gasteiger charge is 2.27. The van der Waals surface area contributed by atoms with Gasteiger partial charge in [0.1, 0.15) is 0 Å². The van der Waals surface area contributed by atoms with Crippen LogP contribution in [0.5, 0.6) is 0 Å². The fourth-order valence-electron chi connectivity index (χ4n) is 1.86. The number of benzene rings is 1. The number of nitrogens with two attached hydrogens (primary N) is 1. The molecule has 0 bridgehead atoms. The van der Waals surface area contributed by atoms with E-state index in [0.29, 0.717) is 17.7 Å². The maximum Gasteiger partial charge on any atom is 0.307 e. The lowest BCUT2D eigenvalue weighted by atomic mass is 9.96. The zero-order chi connectivity index (χ0) is 14.5. The Hall–Kier alpha value is -1.88. The van der Waals surface area contributed by atoms with Crippen LogP contribution in [0.3, 0.4) is 0 Å². The first-order valence-corrected chi connectivity index (χ1v) is 6.27. The number of hydrogen-bond acceptors (Lipinski definition) is 3. The molecule has 4 N–H and O–H groups in total. The summed E-state index contributed by atoms with van der Waals surface area (Å²) in [6.45, 7) is 3.63. The molecule has 5 heteroatoms. The minimum atomic E-state index is -0.953. The van der Waals surface area contributed by atoms with Crippen molar-refractivity contribution in [2.75, 3.05) is 5.32 Å². The predicted octanol–water partition coefficient (Wildman–Crippen LogP) is 1.77. The summed E-state index contributed by atoms with van der Waals surface area (Å²) in [6.07, 6.45) is 1.24. The summed E-state index contributed by atoms with van der Waals surface area (Å²) < 4.78 is 0. The van der Waals surface area contributed by atoms with Gasteiger partial charge >= 0.3 is 5.97 Å². The molecule has 0 aromatic heterocycles. The summed E-state index contributed by atoms with van der Waals surface area (Å²) in [5.74, 6) is -1.24. The minimum Gasteiger partial charge on any atom is -0.481 e. The Labute approximate surface area is 112 Å². The third-order valence-corrected chi connectivity index (χ3v) is 2.90. The molecule has 0 heterocycles. The van der Waals surface area contributed by atoms with Crippen LogP contribution in [0.1, 0.15) is 32.3 Å². The molecule has 1 rings (SSSR count). The lowest BCUT2D eigenvalue weighted by molar-refractivity contribution is -0.136. The monoisotopic (exact) mass is 264 g/mol. The first-order valence-electron chi connectivity index (χ1n) is 6.27. The Balaban J connectivity index is 2.87. The van der Waals surface area contributed by atoms with E-state index >= 15 is 0 Å². The number of amides is 1. The highest BCUT2D eigenvalue weighted by molar-refractivity contribution is 5.98. The summed E-state index contributed by atoms with van der Waals surface area (Å²) in [4.78, 5) is 22.8. The van der Waals surface area contributed by atoms with E-state index in [1.54, 1.807) is 31.2 Å². The molecule has 5 nitrogen and oxygen atoms in total. The summed E-state index contributed by atoms with van der Waals surface area (Å²) in [5, 5.41) is 11.5. The van der Waals surface area contributed by atoms with Gasteiger partial charge in [0.05, 0.1) is 12.0 Å². The molecular weight excluding hydrogens is 244 g/mol. The van der Waals surface area contributed by atoms with Crippen LogP contribution in [0.25, 0.3) is 0 Å². The van der Waals surface area contributed by atoms with Gasteiger partial charge in [-0.1, -0.05) is 31.5 Å². The van der Waals surface area contributed by atoms with Gasteiger partial charge in [-0.15, -0.1) is 0 Å². The zero-order valence-corrected chi connectivity index (χ0v) is 11.3. The Bertz CT molecular complexity index is 470. The molecule has 0 aliphatic carbocycles. The van der Waals surface area contributed by atoms with E-state index in [1.165, 1.54) is 0 Å². The van der Waals surface area contributed by atoms with Crippen molar-refractivity contribution < 1.29 is 14.7 Å². The van der Waals surface area contributed by atoms with Crippen LogP contribution < -0.4 is 11.1 Å². The van der Waals surface area contributed by atoms with Gasteiger partial charge in [-0.05, 0) is 25.0 Å². The third-order valence-electron chi connectivity index (χ3n) is 2.90. The predicted molar refractivity (Wildman–Crippen MR) is 73.9 cm³/mol. The van der Waals surface area contributed by atoms with Crippen LogP contribution in [-0.4, -0.2) is 22.5 Å². The maximum absolute atomic E-state index is 12.1. The molecule has 0 saturated carbocycles. The van der Waals surface area contributed by atoms with Crippen LogP contribution in [-0.2, 0) is 16.0 Å². The summed E-state index contributed by atoms with van der Waals surface area (Å²) in [6, 6.07) is 6.84.